The van der Waals surface area contributed by atoms with Crippen LogP contribution in [0.15, 0.2) is 24.3 Å². The van der Waals surface area contributed by atoms with E-state index in [0.29, 0.717) is 6.04 Å². The SMILES string of the molecule is COC(=O)[C@H]1[C@H](c2ccc(F)cc2)C[C@H]2CC[C@@H]1N2C. The molecule has 0 aliphatic carbocycles. The molecule has 0 saturated carbocycles. The molecule has 108 valence electrons. The molecule has 0 spiro atoms. The number of halogens is 1. The van der Waals surface area contributed by atoms with Gasteiger partial charge in [-0.15, -0.1) is 0 Å². The van der Waals surface area contributed by atoms with Crippen molar-refractivity contribution < 1.29 is 13.9 Å². The highest BCUT2D eigenvalue weighted by molar-refractivity contribution is 5.75. The van der Waals surface area contributed by atoms with Crippen LogP contribution in [0.5, 0.6) is 0 Å². The lowest BCUT2D eigenvalue weighted by Gasteiger charge is -2.41. The predicted molar refractivity (Wildman–Crippen MR) is 73.8 cm³/mol. The third-order valence-corrected chi connectivity index (χ3v) is 5.04. The number of carbonyl (C=O) groups excluding carboxylic acids is 1. The number of hydrogen-bond acceptors (Lipinski definition) is 3. The van der Waals surface area contributed by atoms with Gasteiger partial charge in [0.1, 0.15) is 5.82 Å². The summed E-state index contributed by atoms with van der Waals surface area (Å²) in [6.45, 7) is 0. The average molecular weight is 277 g/mol. The molecule has 0 unspecified atom stereocenters. The van der Waals surface area contributed by atoms with E-state index < -0.39 is 0 Å². The van der Waals surface area contributed by atoms with Crippen molar-refractivity contribution in [2.75, 3.05) is 14.2 Å². The Kier molecular flexibility index (Phi) is 3.50. The van der Waals surface area contributed by atoms with Crippen LogP contribution in [0.3, 0.4) is 0 Å². The summed E-state index contributed by atoms with van der Waals surface area (Å²) in [6.07, 6.45) is 3.11. The highest BCUT2D eigenvalue weighted by Gasteiger charge is 2.49. The first kappa shape index (κ1) is 13.6. The molecular weight excluding hydrogens is 257 g/mol. The van der Waals surface area contributed by atoms with E-state index in [2.05, 4.69) is 11.9 Å². The molecule has 0 N–H and O–H groups in total. The van der Waals surface area contributed by atoms with Crippen molar-refractivity contribution in [1.29, 1.82) is 0 Å². The van der Waals surface area contributed by atoms with Gasteiger partial charge in [-0.25, -0.2) is 4.39 Å². The lowest BCUT2D eigenvalue weighted by molar-refractivity contribution is -0.150. The predicted octanol–water partition coefficient (Wildman–Crippen LogP) is 2.57. The van der Waals surface area contributed by atoms with Crippen LogP contribution < -0.4 is 0 Å². The number of carbonyl (C=O) groups is 1. The molecule has 4 atom stereocenters. The van der Waals surface area contributed by atoms with Gasteiger partial charge in [-0.2, -0.15) is 0 Å². The molecule has 2 aliphatic heterocycles. The molecule has 2 aliphatic rings. The van der Waals surface area contributed by atoms with Crippen molar-refractivity contribution in [2.24, 2.45) is 5.92 Å². The second kappa shape index (κ2) is 5.17. The van der Waals surface area contributed by atoms with Crippen LogP contribution in [0.25, 0.3) is 0 Å². The standard InChI is InChI=1S/C16H20FNO2/c1-18-12-7-8-14(18)15(16(19)20-2)13(9-12)10-3-5-11(17)6-4-10/h3-6,12-15H,7-9H2,1-2H3/t12-,13+,14+,15+/m1/s1. The third kappa shape index (κ3) is 2.12. The molecule has 2 fully saturated rings. The zero-order valence-corrected chi connectivity index (χ0v) is 11.9. The second-order valence-corrected chi connectivity index (χ2v) is 5.91. The summed E-state index contributed by atoms with van der Waals surface area (Å²) in [7, 11) is 3.55. The Morgan fingerprint density at radius 1 is 1.30 bits per heavy atom. The molecule has 0 aromatic heterocycles. The van der Waals surface area contributed by atoms with E-state index in [1.807, 2.05) is 0 Å². The summed E-state index contributed by atoms with van der Waals surface area (Å²) >= 11 is 0. The zero-order valence-electron chi connectivity index (χ0n) is 11.9. The van der Waals surface area contributed by atoms with Crippen LogP contribution in [0.1, 0.15) is 30.7 Å². The van der Waals surface area contributed by atoms with Crippen LogP contribution in [-0.2, 0) is 9.53 Å². The smallest absolute Gasteiger partial charge is 0.310 e. The van der Waals surface area contributed by atoms with Gasteiger partial charge in [-0.05, 0) is 44.0 Å². The summed E-state index contributed by atoms with van der Waals surface area (Å²) in [4.78, 5) is 14.5. The second-order valence-electron chi connectivity index (χ2n) is 5.91. The Hall–Kier alpha value is -1.42. The zero-order chi connectivity index (χ0) is 14.3. The summed E-state index contributed by atoms with van der Waals surface area (Å²) in [5, 5.41) is 0. The maximum Gasteiger partial charge on any atom is 0.310 e. The molecule has 0 amide bonds. The molecule has 20 heavy (non-hydrogen) atoms. The van der Waals surface area contributed by atoms with Gasteiger partial charge in [-0.3, -0.25) is 9.69 Å². The fourth-order valence-corrected chi connectivity index (χ4v) is 3.98. The van der Waals surface area contributed by atoms with Gasteiger partial charge in [0.05, 0.1) is 13.0 Å². The molecule has 3 rings (SSSR count). The van der Waals surface area contributed by atoms with Gasteiger partial charge in [-0.1, -0.05) is 12.1 Å². The number of piperidine rings is 1. The molecule has 2 bridgehead atoms. The highest BCUT2D eigenvalue weighted by Crippen LogP contribution is 2.46. The van der Waals surface area contributed by atoms with Gasteiger partial charge < -0.3 is 4.74 Å². The van der Waals surface area contributed by atoms with Gasteiger partial charge in [0.15, 0.2) is 0 Å². The number of nitrogens with zero attached hydrogens (tertiary/aromatic N) is 1. The summed E-state index contributed by atoms with van der Waals surface area (Å²) in [5.41, 5.74) is 1.05. The molecule has 4 heteroatoms. The lowest BCUT2D eigenvalue weighted by Crippen LogP contribution is -2.49. The Balaban J connectivity index is 1.95. The van der Waals surface area contributed by atoms with E-state index >= 15 is 0 Å². The average Bonchev–Trinajstić information content (AvgIpc) is 2.70. The van der Waals surface area contributed by atoms with Gasteiger partial charge in [0, 0.05) is 18.0 Å². The van der Waals surface area contributed by atoms with Crippen LogP contribution >= 0.6 is 0 Å². The van der Waals surface area contributed by atoms with Crippen LogP contribution in [0, 0.1) is 11.7 Å². The quantitative estimate of drug-likeness (QED) is 0.778. The van der Waals surface area contributed by atoms with Gasteiger partial charge >= 0.3 is 5.97 Å². The van der Waals surface area contributed by atoms with E-state index in [0.717, 1.165) is 24.8 Å². The minimum absolute atomic E-state index is 0.136. The Morgan fingerprint density at radius 2 is 2.00 bits per heavy atom. The largest absolute Gasteiger partial charge is 0.469 e. The van der Waals surface area contributed by atoms with Gasteiger partial charge in [0.25, 0.3) is 0 Å². The molecule has 0 radical (unpaired) electrons. The lowest BCUT2D eigenvalue weighted by atomic mass is 9.76. The number of methoxy groups -OCH3 is 1. The van der Waals surface area contributed by atoms with Crippen molar-refractivity contribution in [3.8, 4) is 0 Å². The van der Waals surface area contributed by atoms with E-state index in [9.17, 15) is 9.18 Å². The number of esters is 1. The maximum atomic E-state index is 13.1. The van der Waals surface area contributed by atoms with Gasteiger partial charge in [0.2, 0.25) is 0 Å². The number of fused-ring (bicyclic) bond motifs is 2. The third-order valence-electron chi connectivity index (χ3n) is 5.04. The minimum atomic E-state index is -0.237. The molecule has 1 aromatic rings. The van der Waals surface area contributed by atoms with Crippen molar-refractivity contribution in [3.05, 3.63) is 35.6 Å². The van der Waals surface area contributed by atoms with E-state index in [1.165, 1.54) is 19.2 Å². The van der Waals surface area contributed by atoms with Crippen molar-refractivity contribution in [2.45, 2.75) is 37.3 Å². The molecular formula is C16H20FNO2. The van der Waals surface area contributed by atoms with Crippen molar-refractivity contribution in [1.82, 2.24) is 4.90 Å². The molecule has 2 saturated heterocycles. The Bertz CT molecular complexity index is 502. The van der Waals surface area contributed by atoms with E-state index in [4.69, 9.17) is 4.74 Å². The van der Waals surface area contributed by atoms with Crippen molar-refractivity contribution in [3.63, 3.8) is 0 Å². The Labute approximate surface area is 118 Å². The monoisotopic (exact) mass is 277 g/mol. The summed E-state index contributed by atoms with van der Waals surface area (Å²) in [6, 6.07) is 7.34. The molecule has 2 heterocycles. The number of benzene rings is 1. The van der Waals surface area contributed by atoms with Crippen LogP contribution in [0.2, 0.25) is 0 Å². The summed E-state index contributed by atoms with van der Waals surface area (Å²) in [5.74, 6) is -0.387. The summed E-state index contributed by atoms with van der Waals surface area (Å²) < 4.78 is 18.1. The number of rotatable bonds is 2. The molecule has 3 nitrogen and oxygen atoms in total. The van der Waals surface area contributed by atoms with Crippen LogP contribution in [-0.4, -0.2) is 37.1 Å². The van der Waals surface area contributed by atoms with E-state index in [-0.39, 0.29) is 29.7 Å². The minimum Gasteiger partial charge on any atom is -0.469 e. The van der Waals surface area contributed by atoms with Crippen LogP contribution in [0.4, 0.5) is 4.39 Å². The first-order valence-electron chi connectivity index (χ1n) is 7.17. The first-order valence-corrected chi connectivity index (χ1v) is 7.17. The topological polar surface area (TPSA) is 29.5 Å². The van der Waals surface area contributed by atoms with E-state index in [1.54, 1.807) is 12.1 Å². The molecule has 1 aromatic carbocycles. The normalized spacial score (nSPS) is 33.1. The maximum absolute atomic E-state index is 13.1. The fourth-order valence-electron chi connectivity index (χ4n) is 3.98. The number of ether oxygens (including phenoxy) is 1. The highest BCUT2D eigenvalue weighted by atomic mass is 19.1. The van der Waals surface area contributed by atoms with Crippen molar-refractivity contribution >= 4 is 5.97 Å². The number of hydrogen-bond donors (Lipinski definition) is 0. The first-order chi connectivity index (χ1) is 9.61. The fraction of sp³-hybridized carbons (Fsp3) is 0.562. The Morgan fingerprint density at radius 3 is 2.65 bits per heavy atom.